The van der Waals surface area contributed by atoms with E-state index in [2.05, 4.69) is 10.1 Å². The first-order chi connectivity index (χ1) is 5.20. The summed E-state index contributed by atoms with van der Waals surface area (Å²) in [5, 5.41) is 11.1. The summed E-state index contributed by atoms with van der Waals surface area (Å²) in [5.41, 5.74) is 0. The average Bonchev–Trinajstić information content (AvgIpc) is 2.01. The first kappa shape index (κ1) is 10.2. The van der Waals surface area contributed by atoms with Crippen molar-refractivity contribution < 1.29 is 14.6 Å². The zero-order valence-corrected chi connectivity index (χ0v) is 6.96. The normalized spacial score (nSPS) is 12.3. The Kier molecular flexibility index (Phi) is 5.56. The molecule has 1 unspecified atom stereocenters. The first-order valence-corrected chi connectivity index (χ1v) is 3.72. The van der Waals surface area contributed by atoms with Crippen LogP contribution < -0.4 is 5.32 Å². The van der Waals surface area contributed by atoms with Gasteiger partial charge < -0.3 is 15.2 Å². The van der Waals surface area contributed by atoms with E-state index in [4.69, 9.17) is 5.11 Å². The van der Waals surface area contributed by atoms with Crippen LogP contribution in [0.5, 0.6) is 0 Å². The Labute approximate surface area is 66.5 Å². The standard InChI is InChI=1S/C7H15NO3/c1-3-11-7(10)8-4-6(2)5-9/h6,9H,3-5H2,1-2H3,(H,8,10). The molecule has 0 rings (SSSR count). The number of ether oxygens (including phenoxy) is 1. The van der Waals surface area contributed by atoms with Crippen molar-refractivity contribution >= 4 is 6.09 Å². The highest BCUT2D eigenvalue weighted by atomic mass is 16.5. The second-order valence-corrected chi connectivity index (χ2v) is 2.39. The third-order valence-electron chi connectivity index (χ3n) is 1.18. The van der Waals surface area contributed by atoms with Crippen LogP contribution in [-0.4, -0.2) is 31.0 Å². The van der Waals surface area contributed by atoms with Gasteiger partial charge in [-0.15, -0.1) is 0 Å². The third-order valence-corrected chi connectivity index (χ3v) is 1.18. The molecule has 0 aromatic heterocycles. The summed E-state index contributed by atoms with van der Waals surface area (Å²) < 4.78 is 4.61. The van der Waals surface area contributed by atoms with Crippen LogP contribution in [0, 0.1) is 5.92 Å². The molecule has 0 spiro atoms. The van der Waals surface area contributed by atoms with E-state index < -0.39 is 6.09 Å². The van der Waals surface area contributed by atoms with Crippen LogP contribution in [0.3, 0.4) is 0 Å². The van der Waals surface area contributed by atoms with Crippen molar-refractivity contribution in [2.24, 2.45) is 5.92 Å². The van der Waals surface area contributed by atoms with E-state index in [0.29, 0.717) is 13.2 Å². The van der Waals surface area contributed by atoms with Gasteiger partial charge in [-0.2, -0.15) is 0 Å². The van der Waals surface area contributed by atoms with E-state index in [-0.39, 0.29) is 12.5 Å². The average molecular weight is 161 g/mol. The maximum atomic E-state index is 10.6. The van der Waals surface area contributed by atoms with Crippen molar-refractivity contribution in [3.63, 3.8) is 0 Å². The van der Waals surface area contributed by atoms with E-state index in [1.54, 1.807) is 6.92 Å². The van der Waals surface area contributed by atoms with E-state index in [1.165, 1.54) is 0 Å². The molecule has 1 amide bonds. The van der Waals surface area contributed by atoms with Gasteiger partial charge in [-0.1, -0.05) is 6.92 Å². The predicted molar refractivity (Wildman–Crippen MR) is 41.3 cm³/mol. The molecule has 0 aliphatic heterocycles. The van der Waals surface area contributed by atoms with Crippen LogP contribution in [0.4, 0.5) is 4.79 Å². The van der Waals surface area contributed by atoms with Gasteiger partial charge in [-0.3, -0.25) is 0 Å². The van der Waals surface area contributed by atoms with Crippen molar-refractivity contribution in [1.29, 1.82) is 0 Å². The van der Waals surface area contributed by atoms with Crippen molar-refractivity contribution in [3.05, 3.63) is 0 Å². The number of carbonyl (C=O) groups is 1. The minimum atomic E-state index is -0.423. The lowest BCUT2D eigenvalue weighted by Crippen LogP contribution is -2.29. The molecule has 0 fully saturated rings. The maximum absolute atomic E-state index is 10.6. The van der Waals surface area contributed by atoms with Crippen LogP contribution in [0.2, 0.25) is 0 Å². The zero-order chi connectivity index (χ0) is 8.69. The van der Waals surface area contributed by atoms with Gasteiger partial charge >= 0.3 is 6.09 Å². The monoisotopic (exact) mass is 161 g/mol. The largest absolute Gasteiger partial charge is 0.450 e. The van der Waals surface area contributed by atoms with Crippen LogP contribution in [-0.2, 0) is 4.74 Å². The molecule has 0 saturated carbocycles. The first-order valence-electron chi connectivity index (χ1n) is 3.72. The molecular formula is C7H15NO3. The van der Waals surface area contributed by atoms with E-state index in [9.17, 15) is 4.79 Å². The summed E-state index contributed by atoms with van der Waals surface area (Å²) in [4.78, 5) is 10.6. The number of hydrogen-bond donors (Lipinski definition) is 2. The number of nitrogens with one attached hydrogen (secondary N) is 1. The second-order valence-electron chi connectivity index (χ2n) is 2.39. The maximum Gasteiger partial charge on any atom is 0.407 e. The van der Waals surface area contributed by atoms with E-state index in [0.717, 1.165) is 0 Å². The number of alkyl carbamates (subject to hydrolysis) is 1. The molecule has 4 heteroatoms. The Morgan fingerprint density at radius 1 is 1.73 bits per heavy atom. The summed E-state index contributed by atoms with van der Waals surface area (Å²) in [6.45, 7) is 4.49. The number of aliphatic hydroxyl groups is 1. The molecule has 0 aliphatic carbocycles. The van der Waals surface area contributed by atoms with Gasteiger partial charge in [0.1, 0.15) is 0 Å². The molecule has 0 aromatic rings. The van der Waals surface area contributed by atoms with Gasteiger partial charge in [0.05, 0.1) is 6.61 Å². The molecule has 0 saturated heterocycles. The lowest BCUT2D eigenvalue weighted by molar-refractivity contribution is 0.148. The Balaban J connectivity index is 3.30. The highest BCUT2D eigenvalue weighted by Gasteiger charge is 2.03. The number of amides is 1. The molecule has 4 nitrogen and oxygen atoms in total. The molecule has 2 N–H and O–H groups in total. The van der Waals surface area contributed by atoms with Gasteiger partial charge in [-0.25, -0.2) is 4.79 Å². The SMILES string of the molecule is CCOC(=O)NCC(C)CO. The summed E-state index contributed by atoms with van der Waals surface area (Å²) in [6.07, 6.45) is -0.423. The number of hydrogen-bond acceptors (Lipinski definition) is 3. The molecule has 11 heavy (non-hydrogen) atoms. The van der Waals surface area contributed by atoms with Crippen LogP contribution in [0.15, 0.2) is 0 Å². The van der Waals surface area contributed by atoms with Gasteiger partial charge in [-0.05, 0) is 12.8 Å². The van der Waals surface area contributed by atoms with Crippen molar-refractivity contribution in [1.82, 2.24) is 5.32 Å². The summed E-state index contributed by atoms with van der Waals surface area (Å²) in [7, 11) is 0. The minimum absolute atomic E-state index is 0.0758. The molecule has 66 valence electrons. The minimum Gasteiger partial charge on any atom is -0.450 e. The summed E-state index contributed by atoms with van der Waals surface area (Å²) in [6, 6.07) is 0. The van der Waals surface area contributed by atoms with Gasteiger partial charge in [0.2, 0.25) is 0 Å². The number of rotatable bonds is 4. The lowest BCUT2D eigenvalue weighted by Gasteiger charge is -2.08. The third kappa shape index (κ3) is 5.66. The summed E-state index contributed by atoms with van der Waals surface area (Å²) in [5.74, 6) is 0.0828. The summed E-state index contributed by atoms with van der Waals surface area (Å²) >= 11 is 0. The fourth-order valence-electron chi connectivity index (χ4n) is 0.504. The smallest absolute Gasteiger partial charge is 0.407 e. The second kappa shape index (κ2) is 5.97. The highest BCUT2D eigenvalue weighted by Crippen LogP contribution is 1.88. The molecule has 0 radical (unpaired) electrons. The van der Waals surface area contributed by atoms with Crippen molar-refractivity contribution in [3.8, 4) is 0 Å². The Morgan fingerprint density at radius 2 is 2.36 bits per heavy atom. The Hall–Kier alpha value is -0.770. The van der Waals surface area contributed by atoms with E-state index in [1.807, 2.05) is 6.92 Å². The lowest BCUT2D eigenvalue weighted by atomic mass is 10.2. The molecular weight excluding hydrogens is 146 g/mol. The van der Waals surface area contributed by atoms with Gasteiger partial charge in [0.25, 0.3) is 0 Å². The Morgan fingerprint density at radius 3 is 2.82 bits per heavy atom. The molecule has 0 heterocycles. The zero-order valence-electron chi connectivity index (χ0n) is 6.96. The number of carbonyl (C=O) groups excluding carboxylic acids is 1. The van der Waals surface area contributed by atoms with Crippen LogP contribution >= 0.6 is 0 Å². The van der Waals surface area contributed by atoms with Crippen molar-refractivity contribution in [2.45, 2.75) is 13.8 Å². The molecule has 0 bridgehead atoms. The van der Waals surface area contributed by atoms with Gasteiger partial charge in [0.15, 0.2) is 0 Å². The molecule has 0 aromatic carbocycles. The quantitative estimate of drug-likeness (QED) is 0.626. The molecule has 1 atom stereocenters. The highest BCUT2D eigenvalue weighted by molar-refractivity contribution is 5.66. The van der Waals surface area contributed by atoms with Crippen molar-refractivity contribution in [2.75, 3.05) is 19.8 Å². The number of aliphatic hydroxyl groups excluding tert-OH is 1. The molecule has 0 aliphatic rings. The van der Waals surface area contributed by atoms with Crippen LogP contribution in [0.25, 0.3) is 0 Å². The van der Waals surface area contributed by atoms with E-state index >= 15 is 0 Å². The van der Waals surface area contributed by atoms with Gasteiger partial charge in [0, 0.05) is 13.2 Å². The topological polar surface area (TPSA) is 58.6 Å². The van der Waals surface area contributed by atoms with Crippen LogP contribution in [0.1, 0.15) is 13.8 Å². The fourth-order valence-corrected chi connectivity index (χ4v) is 0.504. The predicted octanol–water partition coefficient (Wildman–Crippen LogP) is 0.361. The fraction of sp³-hybridized carbons (Fsp3) is 0.857. The Bertz CT molecular complexity index is 116.